The lowest BCUT2D eigenvalue weighted by Crippen LogP contribution is -2.06. The fourth-order valence-corrected chi connectivity index (χ4v) is 1.15. The van der Waals surface area contributed by atoms with Crippen molar-refractivity contribution in [2.75, 3.05) is 6.54 Å². The minimum atomic E-state index is -0.615. The predicted octanol–water partition coefficient (Wildman–Crippen LogP) is 0.674. The average Bonchev–Trinajstić information content (AvgIpc) is 2.30. The lowest BCUT2D eigenvalue weighted by molar-refractivity contribution is 0.140. The number of aromatic nitrogens is 1. The van der Waals surface area contributed by atoms with E-state index in [2.05, 4.69) is 4.98 Å². The summed E-state index contributed by atoms with van der Waals surface area (Å²) in [5.41, 5.74) is 6.05. The number of aryl methyl sites for hydroxylation is 2. The minimum Gasteiger partial charge on any atom is -0.443 e. The molecule has 1 unspecified atom stereocenters. The van der Waals surface area contributed by atoms with Gasteiger partial charge >= 0.3 is 0 Å². The third kappa shape index (κ3) is 1.84. The summed E-state index contributed by atoms with van der Waals surface area (Å²) in [6.45, 7) is 4.01. The van der Waals surface area contributed by atoms with Gasteiger partial charge in [-0.3, -0.25) is 0 Å². The fraction of sp³-hybridized carbons (Fsp3) is 0.625. The maximum atomic E-state index is 9.50. The van der Waals surface area contributed by atoms with E-state index in [4.69, 9.17) is 10.2 Å². The van der Waals surface area contributed by atoms with Gasteiger partial charge in [0.05, 0.1) is 5.69 Å². The van der Waals surface area contributed by atoms with Crippen LogP contribution in [0, 0.1) is 13.8 Å². The molecule has 0 aliphatic heterocycles. The Bertz CT molecular complexity index is 258. The average molecular weight is 170 g/mol. The fourth-order valence-electron chi connectivity index (χ4n) is 1.15. The summed E-state index contributed by atoms with van der Waals surface area (Å²) in [6, 6.07) is 0. The number of hydrogen-bond acceptors (Lipinski definition) is 4. The second-order valence-corrected chi connectivity index (χ2v) is 2.78. The molecule has 0 saturated carbocycles. The lowest BCUT2D eigenvalue weighted by Gasteiger charge is -2.04. The number of hydrogen-bond donors (Lipinski definition) is 2. The van der Waals surface area contributed by atoms with Crippen molar-refractivity contribution < 1.29 is 9.52 Å². The van der Waals surface area contributed by atoms with Crippen molar-refractivity contribution in [1.82, 2.24) is 4.98 Å². The highest BCUT2D eigenvalue weighted by Gasteiger charge is 2.15. The van der Waals surface area contributed by atoms with Crippen LogP contribution in [0.2, 0.25) is 0 Å². The Morgan fingerprint density at radius 1 is 1.58 bits per heavy atom. The Hall–Kier alpha value is -0.870. The first-order chi connectivity index (χ1) is 5.65. The summed E-state index contributed by atoms with van der Waals surface area (Å²) in [5, 5.41) is 9.50. The maximum Gasteiger partial charge on any atom is 0.191 e. The van der Waals surface area contributed by atoms with Crippen molar-refractivity contribution in [2.24, 2.45) is 5.73 Å². The van der Waals surface area contributed by atoms with Gasteiger partial charge in [-0.05, 0) is 19.9 Å². The molecule has 3 N–H and O–H groups in total. The van der Waals surface area contributed by atoms with E-state index in [9.17, 15) is 5.11 Å². The summed E-state index contributed by atoms with van der Waals surface area (Å²) < 4.78 is 5.21. The Balaban J connectivity index is 2.79. The van der Waals surface area contributed by atoms with Crippen molar-refractivity contribution in [3.63, 3.8) is 0 Å². The van der Waals surface area contributed by atoms with E-state index in [0.717, 1.165) is 5.69 Å². The minimum absolute atomic E-state index is 0.445. The van der Waals surface area contributed by atoms with Crippen LogP contribution in [0.15, 0.2) is 4.42 Å². The van der Waals surface area contributed by atoms with E-state index in [1.165, 1.54) is 0 Å². The molecule has 0 bridgehead atoms. The number of oxazole rings is 1. The predicted molar refractivity (Wildman–Crippen MR) is 44.6 cm³/mol. The van der Waals surface area contributed by atoms with Gasteiger partial charge in [0.25, 0.3) is 0 Å². The molecule has 0 saturated heterocycles. The molecule has 12 heavy (non-hydrogen) atoms. The van der Waals surface area contributed by atoms with Gasteiger partial charge in [0.15, 0.2) is 11.7 Å². The van der Waals surface area contributed by atoms with Crippen molar-refractivity contribution in [3.8, 4) is 0 Å². The molecule has 68 valence electrons. The Labute approximate surface area is 71.4 Å². The van der Waals surface area contributed by atoms with E-state index in [-0.39, 0.29) is 0 Å². The van der Waals surface area contributed by atoms with Crippen LogP contribution in [0.3, 0.4) is 0 Å². The summed E-state index contributed by atoms with van der Waals surface area (Å²) >= 11 is 0. The van der Waals surface area contributed by atoms with Crippen LogP contribution in [0.25, 0.3) is 0 Å². The molecule has 1 atom stereocenters. The van der Waals surface area contributed by atoms with Crippen LogP contribution in [0.4, 0.5) is 0 Å². The molecule has 1 aromatic rings. The third-order valence-electron chi connectivity index (χ3n) is 1.68. The first kappa shape index (κ1) is 9.22. The zero-order valence-corrected chi connectivity index (χ0v) is 7.37. The topological polar surface area (TPSA) is 72.3 Å². The molecule has 1 heterocycles. The number of aliphatic hydroxyl groups is 1. The van der Waals surface area contributed by atoms with Crippen LogP contribution < -0.4 is 5.73 Å². The zero-order valence-electron chi connectivity index (χ0n) is 7.37. The zero-order chi connectivity index (χ0) is 9.14. The Morgan fingerprint density at radius 2 is 2.25 bits per heavy atom. The molecule has 0 amide bonds. The van der Waals surface area contributed by atoms with E-state index in [0.29, 0.717) is 24.6 Å². The maximum absolute atomic E-state index is 9.50. The van der Waals surface area contributed by atoms with Gasteiger partial charge in [-0.25, -0.2) is 4.98 Å². The van der Waals surface area contributed by atoms with Crippen LogP contribution in [0.5, 0.6) is 0 Å². The third-order valence-corrected chi connectivity index (χ3v) is 1.68. The Morgan fingerprint density at radius 3 is 2.67 bits per heavy atom. The van der Waals surface area contributed by atoms with Crippen LogP contribution in [0.1, 0.15) is 29.9 Å². The molecule has 4 heteroatoms. The molecule has 0 aliphatic rings. The van der Waals surface area contributed by atoms with Crippen molar-refractivity contribution in [2.45, 2.75) is 26.4 Å². The Kier molecular flexibility index (Phi) is 2.83. The molecule has 0 aromatic carbocycles. The first-order valence-corrected chi connectivity index (χ1v) is 3.97. The second kappa shape index (κ2) is 3.69. The van der Waals surface area contributed by atoms with Gasteiger partial charge in [-0.1, -0.05) is 0 Å². The van der Waals surface area contributed by atoms with Crippen LogP contribution in [-0.4, -0.2) is 16.6 Å². The summed E-state index contributed by atoms with van der Waals surface area (Å²) in [6.07, 6.45) is -0.105. The second-order valence-electron chi connectivity index (χ2n) is 2.78. The lowest BCUT2D eigenvalue weighted by atomic mass is 10.2. The number of aliphatic hydroxyl groups excluding tert-OH is 1. The normalized spacial score (nSPS) is 13.3. The largest absolute Gasteiger partial charge is 0.443 e. The quantitative estimate of drug-likeness (QED) is 0.699. The molecular formula is C8H14N2O2. The summed E-state index contributed by atoms with van der Waals surface area (Å²) in [4.78, 5) is 4.05. The van der Waals surface area contributed by atoms with E-state index >= 15 is 0 Å². The first-order valence-electron chi connectivity index (χ1n) is 3.97. The molecule has 4 nitrogen and oxygen atoms in total. The SMILES string of the molecule is Cc1nc(C)c(C(O)CCN)o1. The number of nitrogens with zero attached hydrogens (tertiary/aromatic N) is 1. The smallest absolute Gasteiger partial charge is 0.191 e. The monoisotopic (exact) mass is 170 g/mol. The summed E-state index contributed by atoms with van der Waals surface area (Å²) in [5.74, 6) is 1.12. The van der Waals surface area contributed by atoms with Gasteiger partial charge in [-0.15, -0.1) is 0 Å². The highest BCUT2D eigenvalue weighted by Crippen LogP contribution is 2.20. The highest BCUT2D eigenvalue weighted by molar-refractivity contribution is 5.10. The van der Waals surface area contributed by atoms with Crippen LogP contribution >= 0.6 is 0 Å². The highest BCUT2D eigenvalue weighted by atomic mass is 16.4. The molecular weight excluding hydrogens is 156 g/mol. The van der Waals surface area contributed by atoms with Crippen molar-refractivity contribution >= 4 is 0 Å². The van der Waals surface area contributed by atoms with Gasteiger partial charge in [-0.2, -0.15) is 0 Å². The molecule has 0 spiro atoms. The van der Waals surface area contributed by atoms with Gasteiger partial charge in [0.2, 0.25) is 0 Å². The van der Waals surface area contributed by atoms with Crippen molar-refractivity contribution in [1.29, 1.82) is 0 Å². The summed E-state index contributed by atoms with van der Waals surface area (Å²) in [7, 11) is 0. The molecule has 0 fully saturated rings. The van der Waals surface area contributed by atoms with Gasteiger partial charge in [0.1, 0.15) is 6.10 Å². The molecule has 0 aliphatic carbocycles. The number of nitrogens with two attached hydrogens (primary N) is 1. The molecule has 0 radical (unpaired) electrons. The van der Waals surface area contributed by atoms with E-state index in [1.54, 1.807) is 6.92 Å². The van der Waals surface area contributed by atoms with Gasteiger partial charge < -0.3 is 15.3 Å². The van der Waals surface area contributed by atoms with E-state index in [1.807, 2.05) is 6.92 Å². The van der Waals surface area contributed by atoms with E-state index < -0.39 is 6.10 Å². The standard InChI is InChI=1S/C8H14N2O2/c1-5-8(7(11)3-4-9)12-6(2)10-5/h7,11H,3-4,9H2,1-2H3. The van der Waals surface area contributed by atoms with Crippen molar-refractivity contribution in [3.05, 3.63) is 17.3 Å². The molecule has 1 rings (SSSR count). The van der Waals surface area contributed by atoms with Crippen LogP contribution in [-0.2, 0) is 0 Å². The van der Waals surface area contributed by atoms with Gasteiger partial charge in [0, 0.05) is 6.92 Å². The molecule has 1 aromatic heterocycles. The number of rotatable bonds is 3.